The number of nitrogens with zero attached hydrogens (tertiary/aromatic N) is 1. The molecule has 0 aliphatic carbocycles. The third-order valence-electron chi connectivity index (χ3n) is 4.11. The summed E-state index contributed by atoms with van der Waals surface area (Å²) >= 11 is 12.5. The van der Waals surface area contributed by atoms with Crippen molar-refractivity contribution in [1.29, 1.82) is 0 Å². The van der Waals surface area contributed by atoms with Gasteiger partial charge in [0.25, 0.3) is 5.91 Å². The largest absolute Gasteiger partial charge is 0.493 e. The molecule has 1 saturated heterocycles. The van der Waals surface area contributed by atoms with Crippen LogP contribution >= 0.6 is 35.6 Å². The fraction of sp³-hybridized carbons (Fsp3) is 0.238. The summed E-state index contributed by atoms with van der Waals surface area (Å²) in [6.45, 7) is 0.956. The van der Waals surface area contributed by atoms with Gasteiger partial charge in [0.1, 0.15) is 10.1 Å². The summed E-state index contributed by atoms with van der Waals surface area (Å²) in [7, 11) is 3.25. The molecule has 0 saturated carbocycles. The lowest BCUT2D eigenvalue weighted by molar-refractivity contribution is -0.121. The first kappa shape index (κ1) is 21.5. The quantitative estimate of drug-likeness (QED) is 0.320. The minimum absolute atomic E-state index is 0.0992. The van der Waals surface area contributed by atoms with E-state index in [0.29, 0.717) is 51.1 Å². The smallest absolute Gasteiger partial charge is 0.265 e. The summed E-state index contributed by atoms with van der Waals surface area (Å²) in [5.41, 5.74) is 0.838. The van der Waals surface area contributed by atoms with Crippen LogP contribution in [0.1, 0.15) is 12.0 Å². The first-order chi connectivity index (χ1) is 14.0. The highest BCUT2D eigenvalue weighted by molar-refractivity contribution is 8.26. The second-order valence-corrected chi connectivity index (χ2v) is 8.21. The molecule has 0 radical (unpaired) electrons. The van der Waals surface area contributed by atoms with Crippen LogP contribution in [0, 0.1) is 0 Å². The number of thioether (sulfide) groups is 1. The molecule has 1 aliphatic heterocycles. The summed E-state index contributed by atoms with van der Waals surface area (Å²) < 4.78 is 17.4. The van der Waals surface area contributed by atoms with E-state index in [0.717, 1.165) is 5.56 Å². The first-order valence-corrected chi connectivity index (χ1v) is 10.5. The van der Waals surface area contributed by atoms with E-state index in [1.807, 2.05) is 36.4 Å². The molecule has 152 valence electrons. The lowest BCUT2D eigenvalue weighted by atomic mass is 10.2. The highest BCUT2D eigenvalue weighted by Crippen LogP contribution is 2.34. The molecule has 5 nitrogen and oxygen atoms in total. The van der Waals surface area contributed by atoms with Crippen molar-refractivity contribution in [2.75, 3.05) is 27.4 Å². The topological polar surface area (TPSA) is 48.0 Å². The molecule has 0 aromatic heterocycles. The van der Waals surface area contributed by atoms with Crippen LogP contribution in [0.5, 0.6) is 17.2 Å². The monoisotopic (exact) mass is 449 g/mol. The van der Waals surface area contributed by atoms with Crippen molar-refractivity contribution >= 4 is 51.9 Å². The molecule has 2 aromatic carbocycles. The van der Waals surface area contributed by atoms with Gasteiger partial charge < -0.3 is 14.2 Å². The molecule has 0 unspecified atom stereocenters. The van der Waals surface area contributed by atoms with Crippen molar-refractivity contribution in [3.8, 4) is 17.2 Å². The molecule has 3 rings (SSSR count). The highest BCUT2D eigenvalue weighted by Gasteiger charge is 2.28. The van der Waals surface area contributed by atoms with Crippen LogP contribution in [0.2, 0.25) is 5.02 Å². The third-order valence-corrected chi connectivity index (χ3v) is 5.91. The zero-order valence-electron chi connectivity index (χ0n) is 16.0. The van der Waals surface area contributed by atoms with Gasteiger partial charge in [0.05, 0.1) is 30.3 Å². The van der Waals surface area contributed by atoms with Gasteiger partial charge in [-0.05, 0) is 35.9 Å². The van der Waals surface area contributed by atoms with Crippen LogP contribution in [0.15, 0.2) is 47.4 Å². The van der Waals surface area contributed by atoms with Gasteiger partial charge >= 0.3 is 0 Å². The van der Waals surface area contributed by atoms with Crippen molar-refractivity contribution in [3.63, 3.8) is 0 Å². The highest BCUT2D eigenvalue weighted by atomic mass is 35.5. The number of ether oxygens (including phenoxy) is 3. The van der Waals surface area contributed by atoms with E-state index >= 15 is 0 Å². The normalized spacial score (nSPS) is 15.1. The van der Waals surface area contributed by atoms with Crippen LogP contribution in [0.4, 0.5) is 0 Å². The summed E-state index contributed by atoms with van der Waals surface area (Å²) in [5, 5.41) is 0.589. The Kier molecular flexibility index (Phi) is 7.41. The Bertz CT molecular complexity index is 948. The van der Waals surface area contributed by atoms with Gasteiger partial charge in [-0.15, -0.1) is 0 Å². The standard InChI is InChI=1S/C21H20ClNO4S2/c1-23-20(24)19(29-21(23)28)13-14-8-9-17(18(12-14)25-2)27-11-5-10-26-16-7-4-3-6-15(16)22/h3-4,6-9,12-13H,5,10-11H2,1-2H3/b19-13+. The molecule has 0 atom stereocenters. The summed E-state index contributed by atoms with van der Waals surface area (Å²) in [6.07, 6.45) is 2.49. The van der Waals surface area contributed by atoms with Crippen LogP contribution < -0.4 is 14.2 Å². The van der Waals surface area contributed by atoms with Crippen molar-refractivity contribution < 1.29 is 19.0 Å². The van der Waals surface area contributed by atoms with Gasteiger partial charge in [0.2, 0.25) is 0 Å². The molecule has 1 amide bonds. The molecule has 0 bridgehead atoms. The van der Waals surface area contributed by atoms with Crippen molar-refractivity contribution in [2.45, 2.75) is 6.42 Å². The predicted octanol–water partition coefficient (Wildman–Crippen LogP) is 5.03. The minimum Gasteiger partial charge on any atom is -0.493 e. The van der Waals surface area contributed by atoms with Crippen molar-refractivity contribution in [1.82, 2.24) is 4.90 Å². The van der Waals surface area contributed by atoms with E-state index in [4.69, 9.17) is 38.0 Å². The fourth-order valence-corrected chi connectivity index (χ4v) is 3.94. The SMILES string of the molecule is COc1cc(/C=C2/SC(=S)N(C)C2=O)ccc1OCCCOc1ccccc1Cl. The number of carbonyl (C=O) groups excluding carboxylic acids is 1. The number of carbonyl (C=O) groups is 1. The van der Waals surface area contributed by atoms with Gasteiger partial charge in [0, 0.05) is 13.5 Å². The van der Waals surface area contributed by atoms with Crippen LogP contribution in [0.3, 0.4) is 0 Å². The molecule has 0 N–H and O–H groups in total. The average molecular weight is 450 g/mol. The maximum atomic E-state index is 12.1. The van der Waals surface area contributed by atoms with Gasteiger partial charge in [-0.2, -0.15) is 0 Å². The molecule has 1 heterocycles. The Morgan fingerprint density at radius 1 is 1.10 bits per heavy atom. The number of hydrogen-bond acceptors (Lipinski definition) is 6. The number of halogens is 1. The third kappa shape index (κ3) is 5.44. The zero-order valence-corrected chi connectivity index (χ0v) is 18.4. The summed E-state index contributed by atoms with van der Waals surface area (Å²) in [5.74, 6) is 1.79. The van der Waals surface area contributed by atoms with Crippen LogP contribution in [-0.2, 0) is 4.79 Å². The number of amides is 1. The molecule has 8 heteroatoms. The molecule has 1 aliphatic rings. The Hall–Kier alpha value is -2.22. The Labute approximate surface area is 184 Å². The minimum atomic E-state index is -0.0992. The molecule has 1 fully saturated rings. The zero-order chi connectivity index (χ0) is 20.8. The van der Waals surface area contributed by atoms with Crippen molar-refractivity contribution in [2.24, 2.45) is 0 Å². The van der Waals surface area contributed by atoms with E-state index in [-0.39, 0.29) is 5.91 Å². The molecule has 2 aromatic rings. The number of benzene rings is 2. The van der Waals surface area contributed by atoms with Crippen LogP contribution in [-0.4, -0.2) is 42.5 Å². The summed E-state index contributed by atoms with van der Waals surface area (Å²) in [6, 6.07) is 12.9. The summed E-state index contributed by atoms with van der Waals surface area (Å²) in [4.78, 5) is 14.2. The Morgan fingerprint density at radius 3 is 2.48 bits per heavy atom. The van der Waals surface area contributed by atoms with E-state index in [1.54, 1.807) is 26.3 Å². The predicted molar refractivity (Wildman–Crippen MR) is 121 cm³/mol. The van der Waals surface area contributed by atoms with E-state index in [2.05, 4.69) is 0 Å². The number of methoxy groups -OCH3 is 1. The fourth-order valence-electron chi connectivity index (χ4n) is 2.58. The van der Waals surface area contributed by atoms with Gasteiger partial charge in [-0.25, -0.2) is 0 Å². The second kappa shape index (κ2) is 10.0. The van der Waals surface area contributed by atoms with Crippen LogP contribution in [0.25, 0.3) is 6.08 Å². The van der Waals surface area contributed by atoms with E-state index < -0.39 is 0 Å². The van der Waals surface area contributed by atoms with Gasteiger partial charge in [-0.3, -0.25) is 9.69 Å². The first-order valence-electron chi connectivity index (χ1n) is 8.89. The number of hydrogen-bond donors (Lipinski definition) is 0. The van der Waals surface area contributed by atoms with Gasteiger partial charge in [0.15, 0.2) is 11.5 Å². The molecule has 29 heavy (non-hydrogen) atoms. The lowest BCUT2D eigenvalue weighted by Gasteiger charge is -2.12. The average Bonchev–Trinajstić information content (AvgIpc) is 2.96. The number of thiocarbonyl (C=S) groups is 1. The molecule has 0 spiro atoms. The number of para-hydroxylation sites is 1. The Morgan fingerprint density at radius 2 is 1.83 bits per heavy atom. The van der Waals surface area contributed by atoms with E-state index in [1.165, 1.54) is 16.7 Å². The lowest BCUT2D eigenvalue weighted by Crippen LogP contribution is -2.22. The second-order valence-electron chi connectivity index (χ2n) is 6.13. The number of likely N-dealkylation sites (N-methyl/N-ethyl adjacent to an activating group) is 1. The Balaban J connectivity index is 1.56. The van der Waals surface area contributed by atoms with E-state index in [9.17, 15) is 4.79 Å². The molecular formula is C21H20ClNO4S2. The maximum Gasteiger partial charge on any atom is 0.265 e. The molecular weight excluding hydrogens is 430 g/mol. The van der Waals surface area contributed by atoms with Gasteiger partial charge in [-0.1, -0.05) is 53.8 Å². The van der Waals surface area contributed by atoms with Crippen molar-refractivity contribution in [3.05, 3.63) is 58.0 Å². The number of rotatable bonds is 8. The maximum absolute atomic E-state index is 12.1.